The van der Waals surface area contributed by atoms with Gasteiger partial charge in [-0.15, -0.1) is 0 Å². The second-order valence-electron chi connectivity index (χ2n) is 6.52. The Morgan fingerprint density at radius 3 is 2.36 bits per heavy atom. The van der Waals surface area contributed by atoms with E-state index in [0.717, 1.165) is 11.4 Å². The average Bonchev–Trinajstić information content (AvgIpc) is 2.45. The minimum absolute atomic E-state index is 0.192. The highest BCUT2D eigenvalue weighted by atomic mass is 32.2. The lowest BCUT2D eigenvalue weighted by atomic mass is 9.87. The van der Waals surface area contributed by atoms with Crippen LogP contribution in [-0.2, 0) is 11.2 Å². The van der Waals surface area contributed by atoms with E-state index in [2.05, 4.69) is 63.0 Å². The van der Waals surface area contributed by atoms with E-state index in [4.69, 9.17) is 5.73 Å². The molecule has 0 aromatic heterocycles. The highest BCUT2D eigenvalue weighted by molar-refractivity contribution is 8.13. The number of hydrogen-bond acceptors (Lipinski definition) is 2. The third kappa shape index (κ3) is 4.92. The quantitative estimate of drug-likeness (QED) is 0.627. The molecule has 2 N–H and O–H groups in total. The lowest BCUT2D eigenvalue weighted by Gasteiger charge is -2.19. The molecule has 3 heteroatoms. The highest BCUT2D eigenvalue weighted by Crippen LogP contribution is 2.24. The molecule has 2 rings (SSSR count). The molecule has 0 aliphatic carbocycles. The zero-order valence-corrected chi connectivity index (χ0v) is 14.6. The molecule has 0 spiro atoms. The van der Waals surface area contributed by atoms with Gasteiger partial charge in [0.05, 0.1) is 5.69 Å². The first-order chi connectivity index (χ1) is 10.3. The summed E-state index contributed by atoms with van der Waals surface area (Å²) in [5.74, 6) is 0.839. The first kappa shape index (κ1) is 16.6. The van der Waals surface area contributed by atoms with Gasteiger partial charge in [0.2, 0.25) is 0 Å². The fraction of sp³-hybridized carbons (Fsp3) is 0.316. The number of nitrogens with two attached hydrogens (primary N) is 1. The van der Waals surface area contributed by atoms with Crippen LogP contribution in [0.5, 0.6) is 0 Å². The first-order valence-electron chi connectivity index (χ1n) is 7.47. The Kier molecular flexibility index (Phi) is 5.30. The molecule has 0 bridgehead atoms. The maximum atomic E-state index is 6.02. The van der Waals surface area contributed by atoms with E-state index in [1.54, 1.807) is 11.8 Å². The summed E-state index contributed by atoms with van der Waals surface area (Å²) in [6.45, 7) is 8.73. The molecule has 0 aliphatic heterocycles. The van der Waals surface area contributed by atoms with E-state index in [9.17, 15) is 0 Å². The smallest absolute Gasteiger partial charge is 0.159 e. The summed E-state index contributed by atoms with van der Waals surface area (Å²) in [5.41, 5.74) is 10.9. The summed E-state index contributed by atoms with van der Waals surface area (Å²) < 4.78 is 0. The summed E-state index contributed by atoms with van der Waals surface area (Å²) in [6, 6.07) is 16.8. The van der Waals surface area contributed by atoms with E-state index >= 15 is 0 Å². The number of rotatable bonds is 3. The Balaban J connectivity index is 1.97. The van der Waals surface area contributed by atoms with Crippen LogP contribution in [0.3, 0.4) is 0 Å². The molecular weight excluding hydrogens is 288 g/mol. The van der Waals surface area contributed by atoms with Crippen molar-refractivity contribution in [2.24, 2.45) is 10.7 Å². The summed E-state index contributed by atoms with van der Waals surface area (Å²) in [4.78, 5) is 4.45. The number of aliphatic imine (C=N–C) groups is 1. The molecule has 0 unspecified atom stereocenters. The van der Waals surface area contributed by atoms with Gasteiger partial charge in [0.1, 0.15) is 0 Å². The van der Waals surface area contributed by atoms with Crippen molar-refractivity contribution in [3.63, 3.8) is 0 Å². The Bertz CT molecular complexity index is 652. The Labute approximate surface area is 137 Å². The van der Waals surface area contributed by atoms with Crippen molar-refractivity contribution < 1.29 is 0 Å². The van der Waals surface area contributed by atoms with Crippen molar-refractivity contribution in [3.05, 3.63) is 65.2 Å². The summed E-state index contributed by atoms with van der Waals surface area (Å²) >= 11 is 1.57. The SMILES string of the molecule is Cc1cccc(N=C(N)SCc2ccc(C(C)(C)C)cc2)c1. The average molecular weight is 312 g/mol. The zero-order chi connectivity index (χ0) is 16.2. The van der Waals surface area contributed by atoms with Crippen LogP contribution in [0.4, 0.5) is 5.69 Å². The molecule has 0 radical (unpaired) electrons. The van der Waals surface area contributed by atoms with Gasteiger partial charge in [-0.3, -0.25) is 0 Å². The molecule has 0 saturated heterocycles. The van der Waals surface area contributed by atoms with Gasteiger partial charge in [-0.2, -0.15) is 0 Å². The largest absolute Gasteiger partial charge is 0.378 e. The minimum atomic E-state index is 0.192. The van der Waals surface area contributed by atoms with E-state index < -0.39 is 0 Å². The molecule has 116 valence electrons. The van der Waals surface area contributed by atoms with Crippen molar-refractivity contribution in [1.29, 1.82) is 0 Å². The predicted molar refractivity (Wildman–Crippen MR) is 98.9 cm³/mol. The van der Waals surface area contributed by atoms with Crippen LogP contribution in [0.25, 0.3) is 0 Å². The number of hydrogen-bond donors (Lipinski definition) is 1. The first-order valence-corrected chi connectivity index (χ1v) is 8.46. The molecule has 0 heterocycles. The van der Waals surface area contributed by atoms with Crippen molar-refractivity contribution in [2.75, 3.05) is 0 Å². The monoisotopic (exact) mass is 312 g/mol. The normalized spacial score (nSPS) is 12.5. The third-order valence-corrected chi connectivity index (χ3v) is 4.31. The lowest BCUT2D eigenvalue weighted by molar-refractivity contribution is 0.590. The summed E-state index contributed by atoms with van der Waals surface area (Å²) in [5, 5.41) is 0.602. The Morgan fingerprint density at radius 1 is 1.09 bits per heavy atom. The Hall–Kier alpha value is -1.74. The molecular formula is C19H24N2S. The number of aryl methyl sites for hydroxylation is 1. The molecule has 2 aromatic carbocycles. The van der Waals surface area contributed by atoms with Gasteiger partial charge in [-0.1, -0.05) is 68.9 Å². The predicted octanol–water partition coefficient (Wildman–Crippen LogP) is 5.17. The second kappa shape index (κ2) is 7.01. The van der Waals surface area contributed by atoms with Gasteiger partial charge in [0, 0.05) is 5.75 Å². The summed E-state index contributed by atoms with van der Waals surface area (Å²) in [7, 11) is 0. The number of thioether (sulfide) groups is 1. The number of benzene rings is 2. The van der Waals surface area contributed by atoms with Crippen LogP contribution in [0.15, 0.2) is 53.5 Å². The minimum Gasteiger partial charge on any atom is -0.378 e. The van der Waals surface area contributed by atoms with Crippen LogP contribution < -0.4 is 5.73 Å². The highest BCUT2D eigenvalue weighted by Gasteiger charge is 2.12. The van der Waals surface area contributed by atoms with E-state index in [-0.39, 0.29) is 5.41 Å². The molecule has 22 heavy (non-hydrogen) atoms. The van der Waals surface area contributed by atoms with Crippen LogP contribution in [0, 0.1) is 6.92 Å². The van der Waals surface area contributed by atoms with Crippen LogP contribution in [-0.4, -0.2) is 5.17 Å². The second-order valence-corrected chi connectivity index (χ2v) is 7.52. The standard InChI is InChI=1S/C19H24N2S/c1-14-6-5-7-17(12-14)21-18(20)22-13-15-8-10-16(11-9-15)19(2,3)4/h5-12H,13H2,1-4H3,(H2,20,21). The van der Waals surface area contributed by atoms with Crippen LogP contribution in [0.1, 0.15) is 37.5 Å². The molecule has 2 nitrogen and oxygen atoms in total. The van der Waals surface area contributed by atoms with Crippen LogP contribution >= 0.6 is 11.8 Å². The molecule has 0 aliphatic rings. The van der Waals surface area contributed by atoms with Gasteiger partial charge >= 0.3 is 0 Å². The fourth-order valence-electron chi connectivity index (χ4n) is 2.12. The zero-order valence-electron chi connectivity index (χ0n) is 13.8. The number of nitrogens with zero attached hydrogens (tertiary/aromatic N) is 1. The third-order valence-electron chi connectivity index (χ3n) is 3.45. The van der Waals surface area contributed by atoms with Crippen molar-refractivity contribution in [2.45, 2.75) is 38.9 Å². The van der Waals surface area contributed by atoms with Gasteiger partial charge in [0.25, 0.3) is 0 Å². The number of amidine groups is 1. The van der Waals surface area contributed by atoms with Gasteiger partial charge in [0.15, 0.2) is 5.17 Å². The molecule has 0 fully saturated rings. The van der Waals surface area contributed by atoms with Crippen molar-refractivity contribution in [3.8, 4) is 0 Å². The van der Waals surface area contributed by atoms with Crippen molar-refractivity contribution in [1.82, 2.24) is 0 Å². The molecule has 0 atom stereocenters. The molecule has 0 amide bonds. The molecule has 2 aromatic rings. The maximum absolute atomic E-state index is 6.02. The van der Waals surface area contributed by atoms with E-state index in [1.165, 1.54) is 16.7 Å². The fourth-order valence-corrected chi connectivity index (χ4v) is 2.79. The molecule has 0 saturated carbocycles. The Morgan fingerprint density at radius 2 is 1.77 bits per heavy atom. The van der Waals surface area contributed by atoms with E-state index in [1.807, 2.05) is 18.2 Å². The van der Waals surface area contributed by atoms with Crippen LogP contribution in [0.2, 0.25) is 0 Å². The van der Waals surface area contributed by atoms with Gasteiger partial charge in [-0.25, -0.2) is 4.99 Å². The topological polar surface area (TPSA) is 38.4 Å². The van der Waals surface area contributed by atoms with E-state index in [0.29, 0.717) is 5.17 Å². The lowest BCUT2D eigenvalue weighted by Crippen LogP contribution is -2.10. The van der Waals surface area contributed by atoms with Crippen molar-refractivity contribution >= 4 is 22.6 Å². The van der Waals surface area contributed by atoms with Gasteiger partial charge in [-0.05, 0) is 41.2 Å². The maximum Gasteiger partial charge on any atom is 0.159 e. The summed E-state index contributed by atoms with van der Waals surface area (Å²) in [6.07, 6.45) is 0. The van der Waals surface area contributed by atoms with Gasteiger partial charge < -0.3 is 5.73 Å².